The first-order chi connectivity index (χ1) is 10.7. The van der Waals surface area contributed by atoms with Gasteiger partial charge in [0.1, 0.15) is 11.4 Å². The molecule has 8 nitrogen and oxygen atoms in total. The number of nitro groups is 1. The van der Waals surface area contributed by atoms with Crippen molar-refractivity contribution in [2.75, 3.05) is 12.4 Å². The number of aromatic nitrogens is 2. The number of ether oxygens (including phenoxy) is 1. The van der Waals surface area contributed by atoms with E-state index in [9.17, 15) is 28.1 Å². The molecule has 1 heterocycles. The van der Waals surface area contributed by atoms with Gasteiger partial charge in [0.15, 0.2) is 5.69 Å². The zero-order chi connectivity index (χ0) is 17.2. The largest absolute Gasteiger partial charge is 0.496 e. The second kappa shape index (κ2) is 5.94. The average Bonchev–Trinajstić information content (AvgIpc) is 2.96. The number of amides is 1. The van der Waals surface area contributed by atoms with E-state index < -0.39 is 28.4 Å². The lowest BCUT2D eigenvalue weighted by atomic mass is 10.2. The molecular formula is C12H9F3N4O4. The molecule has 0 spiro atoms. The molecule has 2 rings (SSSR count). The summed E-state index contributed by atoms with van der Waals surface area (Å²) in [4.78, 5) is 21.9. The predicted molar refractivity (Wildman–Crippen MR) is 71.2 cm³/mol. The minimum Gasteiger partial charge on any atom is -0.496 e. The fourth-order valence-electron chi connectivity index (χ4n) is 1.66. The van der Waals surface area contributed by atoms with Gasteiger partial charge in [0.25, 0.3) is 11.6 Å². The molecule has 0 bridgehead atoms. The molecule has 0 saturated heterocycles. The molecule has 2 N–H and O–H groups in total. The molecule has 23 heavy (non-hydrogen) atoms. The summed E-state index contributed by atoms with van der Waals surface area (Å²) in [5, 5.41) is 18.0. The molecule has 0 aliphatic heterocycles. The monoisotopic (exact) mass is 330 g/mol. The highest BCUT2D eigenvalue weighted by atomic mass is 19.4. The van der Waals surface area contributed by atoms with Crippen molar-refractivity contribution in [2.24, 2.45) is 0 Å². The minimum absolute atomic E-state index is 0.0161. The molecule has 0 fully saturated rings. The Kier molecular flexibility index (Phi) is 4.20. The molecule has 0 aliphatic carbocycles. The van der Waals surface area contributed by atoms with Crippen LogP contribution in [0.5, 0.6) is 5.75 Å². The zero-order valence-electron chi connectivity index (χ0n) is 11.5. The van der Waals surface area contributed by atoms with E-state index >= 15 is 0 Å². The number of methoxy groups -OCH3 is 1. The summed E-state index contributed by atoms with van der Waals surface area (Å²) >= 11 is 0. The molecule has 1 aromatic heterocycles. The Bertz CT molecular complexity index is 757. The number of aromatic amines is 1. The SMILES string of the molecule is COc1cc(NC(=O)c2cc(C(F)(F)F)[nH]n2)cc([N+](=O)[O-])c1. The minimum atomic E-state index is -4.67. The van der Waals surface area contributed by atoms with Crippen LogP contribution in [0.2, 0.25) is 0 Å². The molecule has 122 valence electrons. The molecular weight excluding hydrogens is 321 g/mol. The quantitative estimate of drug-likeness (QED) is 0.661. The molecule has 0 radical (unpaired) electrons. The predicted octanol–water partition coefficient (Wildman–Crippen LogP) is 2.60. The third kappa shape index (κ3) is 3.75. The van der Waals surface area contributed by atoms with E-state index in [1.54, 1.807) is 5.10 Å². The molecule has 1 aromatic carbocycles. The molecule has 0 unspecified atom stereocenters. The molecule has 0 atom stereocenters. The van der Waals surface area contributed by atoms with Crippen LogP contribution in [-0.2, 0) is 6.18 Å². The Hall–Kier alpha value is -3.11. The van der Waals surface area contributed by atoms with Gasteiger partial charge in [0.2, 0.25) is 0 Å². The Morgan fingerprint density at radius 2 is 2.04 bits per heavy atom. The fourth-order valence-corrected chi connectivity index (χ4v) is 1.66. The molecule has 11 heteroatoms. The number of hydrogen-bond acceptors (Lipinski definition) is 5. The highest BCUT2D eigenvalue weighted by Gasteiger charge is 2.33. The van der Waals surface area contributed by atoms with E-state index in [0.29, 0.717) is 6.07 Å². The summed E-state index contributed by atoms with van der Waals surface area (Å²) in [6.45, 7) is 0. The maximum absolute atomic E-state index is 12.4. The second-order valence-corrected chi connectivity index (χ2v) is 4.30. The van der Waals surface area contributed by atoms with Gasteiger partial charge in [-0.05, 0) is 0 Å². The van der Waals surface area contributed by atoms with Crippen molar-refractivity contribution in [3.8, 4) is 5.75 Å². The first-order valence-corrected chi connectivity index (χ1v) is 5.98. The summed E-state index contributed by atoms with van der Waals surface area (Å²) in [7, 11) is 1.27. The smallest absolute Gasteiger partial charge is 0.432 e. The van der Waals surface area contributed by atoms with Gasteiger partial charge in [0.05, 0.1) is 23.8 Å². The summed E-state index contributed by atoms with van der Waals surface area (Å²) in [6.07, 6.45) is -4.67. The molecule has 0 aliphatic rings. The molecule has 2 aromatic rings. The lowest BCUT2D eigenvalue weighted by Crippen LogP contribution is -2.12. The van der Waals surface area contributed by atoms with Crippen molar-refractivity contribution in [2.45, 2.75) is 6.18 Å². The lowest BCUT2D eigenvalue weighted by Gasteiger charge is -2.06. The number of rotatable bonds is 4. The van der Waals surface area contributed by atoms with Crippen molar-refractivity contribution in [3.63, 3.8) is 0 Å². The van der Waals surface area contributed by atoms with Gasteiger partial charge in [0, 0.05) is 18.2 Å². The third-order valence-corrected chi connectivity index (χ3v) is 2.71. The number of H-pyrrole nitrogens is 1. The zero-order valence-corrected chi connectivity index (χ0v) is 11.5. The van der Waals surface area contributed by atoms with Crippen LogP contribution in [0.15, 0.2) is 24.3 Å². The van der Waals surface area contributed by atoms with Crippen molar-refractivity contribution in [3.05, 3.63) is 45.8 Å². The average molecular weight is 330 g/mol. The van der Waals surface area contributed by atoms with E-state index in [-0.39, 0.29) is 17.1 Å². The maximum atomic E-state index is 12.4. The topological polar surface area (TPSA) is 110 Å². The normalized spacial score (nSPS) is 11.1. The first-order valence-electron chi connectivity index (χ1n) is 5.98. The first kappa shape index (κ1) is 16.3. The number of hydrogen-bond donors (Lipinski definition) is 2. The maximum Gasteiger partial charge on any atom is 0.432 e. The lowest BCUT2D eigenvalue weighted by molar-refractivity contribution is -0.384. The number of nitrogens with one attached hydrogen (secondary N) is 2. The van der Waals surface area contributed by atoms with Gasteiger partial charge >= 0.3 is 6.18 Å². The number of nitrogens with zero attached hydrogens (tertiary/aromatic N) is 2. The van der Waals surface area contributed by atoms with Gasteiger partial charge in [-0.1, -0.05) is 0 Å². The standard InChI is InChI=1S/C12H9F3N4O4/c1-23-8-3-6(2-7(4-8)19(21)22)16-11(20)9-5-10(18-17-9)12(13,14)15/h2-5H,1H3,(H,16,20)(H,17,18). The fraction of sp³-hybridized carbons (Fsp3) is 0.167. The van der Waals surface area contributed by atoms with Gasteiger partial charge in [-0.15, -0.1) is 0 Å². The van der Waals surface area contributed by atoms with Gasteiger partial charge in [-0.25, -0.2) is 0 Å². The van der Waals surface area contributed by atoms with E-state index in [1.165, 1.54) is 13.2 Å². The van der Waals surface area contributed by atoms with Crippen molar-refractivity contribution < 1.29 is 27.6 Å². The van der Waals surface area contributed by atoms with E-state index in [1.807, 2.05) is 0 Å². The highest BCUT2D eigenvalue weighted by molar-refractivity contribution is 6.03. The number of carbonyl (C=O) groups excluding carboxylic acids is 1. The molecule has 1 amide bonds. The Morgan fingerprint density at radius 3 is 2.57 bits per heavy atom. The second-order valence-electron chi connectivity index (χ2n) is 4.30. The van der Waals surface area contributed by atoms with Gasteiger partial charge in [-0.2, -0.15) is 18.3 Å². The number of alkyl halides is 3. The number of nitro benzene ring substituents is 1. The van der Waals surface area contributed by atoms with Crippen LogP contribution >= 0.6 is 0 Å². The van der Waals surface area contributed by atoms with Gasteiger partial charge < -0.3 is 10.1 Å². The number of non-ortho nitro benzene ring substituents is 1. The summed E-state index contributed by atoms with van der Waals surface area (Å²) in [6, 6.07) is 3.98. The Morgan fingerprint density at radius 1 is 1.35 bits per heavy atom. The van der Waals surface area contributed by atoms with Crippen LogP contribution in [0.4, 0.5) is 24.5 Å². The van der Waals surface area contributed by atoms with Gasteiger partial charge in [-0.3, -0.25) is 20.0 Å². The van der Waals surface area contributed by atoms with Crippen LogP contribution < -0.4 is 10.1 Å². The summed E-state index contributed by atoms with van der Waals surface area (Å²) < 4.78 is 42.2. The van der Waals surface area contributed by atoms with Crippen molar-refractivity contribution >= 4 is 17.3 Å². The van der Waals surface area contributed by atoms with Crippen LogP contribution in [0, 0.1) is 10.1 Å². The van der Waals surface area contributed by atoms with Crippen molar-refractivity contribution in [1.82, 2.24) is 10.2 Å². The van der Waals surface area contributed by atoms with E-state index in [4.69, 9.17) is 4.74 Å². The van der Waals surface area contributed by atoms with Crippen LogP contribution in [0.3, 0.4) is 0 Å². The Labute approximate surface area is 126 Å². The highest BCUT2D eigenvalue weighted by Crippen LogP contribution is 2.28. The summed E-state index contributed by atoms with van der Waals surface area (Å²) in [5.41, 5.74) is -2.06. The van der Waals surface area contributed by atoms with Crippen LogP contribution in [0.25, 0.3) is 0 Å². The van der Waals surface area contributed by atoms with Crippen LogP contribution in [-0.4, -0.2) is 28.1 Å². The third-order valence-electron chi connectivity index (χ3n) is 2.71. The number of anilines is 1. The van der Waals surface area contributed by atoms with Crippen molar-refractivity contribution in [1.29, 1.82) is 0 Å². The summed E-state index contributed by atoms with van der Waals surface area (Å²) in [5.74, 6) is -0.855. The number of benzene rings is 1. The Balaban J connectivity index is 2.24. The van der Waals surface area contributed by atoms with E-state index in [2.05, 4.69) is 10.4 Å². The number of carbonyl (C=O) groups is 1. The van der Waals surface area contributed by atoms with Crippen LogP contribution in [0.1, 0.15) is 16.2 Å². The molecule has 0 saturated carbocycles. The number of halogens is 3. The van der Waals surface area contributed by atoms with E-state index in [0.717, 1.165) is 12.1 Å².